The molecule has 2 amide bonds. The highest BCUT2D eigenvalue weighted by molar-refractivity contribution is 6.03. The minimum absolute atomic E-state index is 0.176. The second-order valence-electron chi connectivity index (χ2n) is 6.88. The van der Waals surface area contributed by atoms with E-state index < -0.39 is 44.9 Å². The van der Waals surface area contributed by atoms with Crippen LogP contribution in [0.2, 0.25) is 0 Å². The molecule has 0 bridgehead atoms. The van der Waals surface area contributed by atoms with Crippen molar-refractivity contribution in [3.05, 3.63) is 91.4 Å². The fraction of sp³-hybridized carbons (Fsp3) is 0. The number of amides is 2. The number of rotatable bonds is 10. The molecule has 38 heavy (non-hydrogen) atoms. The Morgan fingerprint density at radius 3 is 1.47 bits per heavy atom. The van der Waals surface area contributed by atoms with Crippen LogP contribution in [-0.4, -0.2) is 44.3 Å². The van der Waals surface area contributed by atoms with Gasteiger partial charge in [0.25, 0.3) is 11.8 Å². The standard InChI is InChI=1S/C22H16N6O10/c29-19-15(21(31)25-23-11-1-3-13-5-9-17(37-13)27(33)34)7-8-16(20(19)30)22(32)26-24-12-2-4-14-6-10-18(38-14)28(35)36/h1-12,29-30H,(H,25,31)(H,26,32). The molecule has 0 saturated heterocycles. The lowest BCUT2D eigenvalue weighted by atomic mass is 10.1. The van der Waals surface area contributed by atoms with Crippen molar-refractivity contribution >= 4 is 48.2 Å². The molecule has 0 atom stereocenters. The lowest BCUT2D eigenvalue weighted by Gasteiger charge is -2.08. The van der Waals surface area contributed by atoms with Crippen molar-refractivity contribution in [2.24, 2.45) is 10.2 Å². The molecule has 0 fully saturated rings. The summed E-state index contributed by atoms with van der Waals surface area (Å²) in [4.78, 5) is 44.2. The van der Waals surface area contributed by atoms with Crippen LogP contribution in [0.3, 0.4) is 0 Å². The van der Waals surface area contributed by atoms with Crippen molar-refractivity contribution in [3.8, 4) is 11.5 Å². The van der Waals surface area contributed by atoms with Crippen LogP contribution < -0.4 is 10.9 Å². The maximum atomic E-state index is 12.2. The molecule has 4 N–H and O–H groups in total. The van der Waals surface area contributed by atoms with E-state index in [-0.39, 0.29) is 22.6 Å². The van der Waals surface area contributed by atoms with E-state index in [4.69, 9.17) is 8.83 Å². The molecule has 1 aromatic carbocycles. The number of furan rings is 2. The quantitative estimate of drug-likeness (QED) is 0.131. The van der Waals surface area contributed by atoms with Crippen LogP contribution in [0.4, 0.5) is 11.8 Å². The van der Waals surface area contributed by atoms with Gasteiger partial charge in [-0.2, -0.15) is 10.2 Å². The molecule has 0 unspecified atom stereocenters. The lowest BCUT2D eigenvalue weighted by Crippen LogP contribution is -2.20. The zero-order valence-corrected chi connectivity index (χ0v) is 18.9. The highest BCUT2D eigenvalue weighted by Gasteiger charge is 2.20. The first kappa shape index (κ1) is 26.5. The monoisotopic (exact) mass is 524 g/mol. The molecule has 3 aromatic rings. The summed E-state index contributed by atoms with van der Waals surface area (Å²) in [5, 5.41) is 48.6. The van der Waals surface area contributed by atoms with Crippen molar-refractivity contribution in [1.29, 1.82) is 0 Å². The number of phenols is 2. The average molecular weight is 524 g/mol. The van der Waals surface area contributed by atoms with Gasteiger partial charge in [-0.25, -0.2) is 10.9 Å². The number of phenolic OH excluding ortho intramolecular Hbond substituents is 2. The summed E-state index contributed by atoms with van der Waals surface area (Å²) in [6.07, 6.45) is 7.60. The molecule has 0 aliphatic heterocycles. The van der Waals surface area contributed by atoms with Crippen LogP contribution in [0.1, 0.15) is 32.2 Å². The largest absolute Gasteiger partial charge is 0.504 e. The second-order valence-corrected chi connectivity index (χ2v) is 6.88. The number of hydrogen-bond acceptors (Lipinski definition) is 12. The number of aromatic hydroxyl groups is 2. The minimum atomic E-state index is -0.913. The van der Waals surface area contributed by atoms with Gasteiger partial charge in [-0.1, -0.05) is 0 Å². The van der Waals surface area contributed by atoms with Crippen LogP contribution in [-0.2, 0) is 0 Å². The number of hydrogen-bond donors (Lipinski definition) is 4. The van der Waals surface area contributed by atoms with Gasteiger partial charge >= 0.3 is 11.8 Å². The third-order valence-electron chi connectivity index (χ3n) is 4.40. The average Bonchev–Trinajstić information content (AvgIpc) is 3.55. The van der Waals surface area contributed by atoms with Gasteiger partial charge in [0, 0.05) is 12.4 Å². The predicted molar refractivity (Wildman–Crippen MR) is 130 cm³/mol. The molecule has 0 spiro atoms. The molecule has 0 saturated carbocycles. The van der Waals surface area contributed by atoms with E-state index in [9.17, 15) is 40.0 Å². The highest BCUT2D eigenvalue weighted by Crippen LogP contribution is 2.32. The van der Waals surface area contributed by atoms with Gasteiger partial charge in [-0.15, -0.1) is 0 Å². The Balaban J connectivity index is 1.55. The number of allylic oxidation sites excluding steroid dienone is 2. The van der Waals surface area contributed by atoms with Gasteiger partial charge in [0.15, 0.2) is 11.5 Å². The normalized spacial score (nSPS) is 11.6. The zero-order chi connectivity index (χ0) is 27.7. The van der Waals surface area contributed by atoms with Crippen LogP contribution in [0.25, 0.3) is 12.2 Å². The van der Waals surface area contributed by atoms with E-state index in [2.05, 4.69) is 21.1 Å². The second kappa shape index (κ2) is 12.1. The number of hydrazone groups is 2. The van der Waals surface area contributed by atoms with E-state index in [1.54, 1.807) is 0 Å². The van der Waals surface area contributed by atoms with Crippen molar-refractivity contribution in [1.82, 2.24) is 10.9 Å². The number of carbonyl (C=O) groups excluding carboxylic acids is 2. The van der Waals surface area contributed by atoms with Crippen molar-refractivity contribution < 1.29 is 38.5 Å². The molecule has 0 radical (unpaired) electrons. The third-order valence-corrected chi connectivity index (χ3v) is 4.40. The Morgan fingerprint density at radius 1 is 0.737 bits per heavy atom. The van der Waals surface area contributed by atoms with E-state index in [1.165, 1.54) is 48.6 Å². The topological polar surface area (TPSA) is 236 Å². The molecular formula is C22H16N6O10. The van der Waals surface area contributed by atoms with E-state index >= 15 is 0 Å². The summed E-state index contributed by atoms with van der Waals surface area (Å²) in [5.74, 6) is -4.12. The summed E-state index contributed by atoms with van der Waals surface area (Å²) in [7, 11) is 0. The van der Waals surface area contributed by atoms with Crippen molar-refractivity contribution in [2.75, 3.05) is 0 Å². The Kier molecular flexibility index (Phi) is 8.43. The van der Waals surface area contributed by atoms with Crippen LogP contribution in [0.15, 0.2) is 67.6 Å². The first-order valence-electron chi connectivity index (χ1n) is 10.2. The van der Waals surface area contributed by atoms with E-state index in [1.807, 2.05) is 0 Å². The van der Waals surface area contributed by atoms with Gasteiger partial charge in [-0.3, -0.25) is 29.8 Å². The number of carbonyl (C=O) groups is 2. The molecular weight excluding hydrogens is 508 g/mol. The van der Waals surface area contributed by atoms with Gasteiger partial charge in [0.1, 0.15) is 21.4 Å². The van der Waals surface area contributed by atoms with Crippen molar-refractivity contribution in [3.63, 3.8) is 0 Å². The fourth-order valence-corrected chi connectivity index (χ4v) is 2.68. The molecule has 2 aromatic heterocycles. The number of nitrogens with one attached hydrogen (secondary N) is 2. The Labute approximate surface area is 211 Å². The fourth-order valence-electron chi connectivity index (χ4n) is 2.68. The smallest absolute Gasteiger partial charge is 0.433 e. The molecule has 0 aliphatic rings. The van der Waals surface area contributed by atoms with Crippen LogP contribution >= 0.6 is 0 Å². The summed E-state index contributed by atoms with van der Waals surface area (Å²) in [5.41, 5.74) is 3.40. The van der Waals surface area contributed by atoms with E-state index in [0.717, 1.165) is 24.6 Å². The van der Waals surface area contributed by atoms with Gasteiger partial charge in [-0.05, 0) is 48.6 Å². The number of nitrogens with zero attached hydrogens (tertiary/aromatic N) is 4. The first-order chi connectivity index (χ1) is 18.2. The SMILES string of the molecule is O=C(NN=CC=Cc1ccc([N+](=O)[O-])o1)c1ccc(C(=O)NN=CC=Cc2ccc([N+](=O)[O-])o2)c(O)c1O. The number of nitro groups is 2. The zero-order valence-electron chi connectivity index (χ0n) is 18.9. The lowest BCUT2D eigenvalue weighted by molar-refractivity contribution is -0.402. The minimum Gasteiger partial charge on any atom is -0.504 e. The van der Waals surface area contributed by atoms with Crippen LogP contribution in [0, 0.1) is 20.2 Å². The molecule has 16 nitrogen and oxygen atoms in total. The molecule has 16 heteroatoms. The summed E-state index contributed by atoms with van der Waals surface area (Å²) < 4.78 is 9.80. The maximum Gasteiger partial charge on any atom is 0.433 e. The van der Waals surface area contributed by atoms with Crippen LogP contribution in [0.5, 0.6) is 11.5 Å². The molecule has 194 valence electrons. The molecule has 0 aliphatic carbocycles. The Hall–Kier alpha value is -6.06. The third kappa shape index (κ3) is 6.75. The van der Waals surface area contributed by atoms with Gasteiger partial charge in [0.05, 0.1) is 23.3 Å². The van der Waals surface area contributed by atoms with Crippen molar-refractivity contribution in [2.45, 2.75) is 0 Å². The highest BCUT2D eigenvalue weighted by atomic mass is 16.7. The summed E-state index contributed by atoms with van der Waals surface area (Å²) in [6, 6.07) is 7.19. The summed E-state index contributed by atoms with van der Waals surface area (Å²) in [6.45, 7) is 0. The molecule has 3 rings (SSSR count). The Morgan fingerprint density at radius 2 is 1.13 bits per heavy atom. The van der Waals surface area contributed by atoms with E-state index in [0.29, 0.717) is 0 Å². The first-order valence-corrected chi connectivity index (χ1v) is 10.2. The summed E-state index contributed by atoms with van der Waals surface area (Å²) >= 11 is 0. The predicted octanol–water partition coefficient (Wildman–Crippen LogP) is 2.96. The Bertz CT molecular complexity index is 1390. The maximum absolute atomic E-state index is 12.2. The van der Waals surface area contributed by atoms with Gasteiger partial charge < -0.3 is 19.0 Å². The molecule has 2 heterocycles. The number of benzene rings is 1. The van der Waals surface area contributed by atoms with Gasteiger partial charge in [0.2, 0.25) is 0 Å².